The molecule has 0 fully saturated rings. The van der Waals surface area contributed by atoms with Gasteiger partial charge in [0.05, 0.1) is 24.8 Å². The van der Waals surface area contributed by atoms with Gasteiger partial charge in [-0.25, -0.2) is 4.79 Å². The van der Waals surface area contributed by atoms with Crippen molar-refractivity contribution in [3.8, 4) is 11.4 Å². The Morgan fingerprint density at radius 1 is 1.16 bits per heavy atom. The van der Waals surface area contributed by atoms with Gasteiger partial charge in [-0.15, -0.1) is 11.8 Å². The van der Waals surface area contributed by atoms with Crippen LogP contribution < -0.4 is 5.32 Å². The fraction of sp³-hybridized carbons (Fsp3) is 0.261. The van der Waals surface area contributed by atoms with E-state index in [-0.39, 0.29) is 12.1 Å². The van der Waals surface area contributed by atoms with E-state index >= 15 is 0 Å². The molecule has 0 radical (unpaired) electrons. The third-order valence-electron chi connectivity index (χ3n) is 5.25. The Hall–Kier alpha value is -3.10. The van der Waals surface area contributed by atoms with Crippen LogP contribution >= 0.6 is 11.8 Å². The summed E-state index contributed by atoms with van der Waals surface area (Å²) in [5, 5.41) is 7.28. The first-order chi connectivity index (χ1) is 15.1. The average molecular weight is 437 g/mol. The molecule has 0 saturated heterocycles. The maximum Gasteiger partial charge on any atom is 0.322 e. The molecular weight excluding hydrogens is 412 g/mol. The van der Waals surface area contributed by atoms with E-state index in [0.717, 1.165) is 22.4 Å². The largest absolute Gasteiger partial charge is 0.383 e. The molecular formula is C23H24N4O3S. The van der Waals surface area contributed by atoms with Crippen LogP contribution in [-0.2, 0) is 4.74 Å². The van der Waals surface area contributed by atoms with Crippen LogP contribution in [0.15, 0.2) is 69.7 Å². The van der Waals surface area contributed by atoms with Gasteiger partial charge in [0.15, 0.2) is 0 Å². The van der Waals surface area contributed by atoms with Crippen molar-refractivity contribution in [1.29, 1.82) is 0 Å². The zero-order chi connectivity index (χ0) is 21.8. The van der Waals surface area contributed by atoms with Crippen molar-refractivity contribution in [3.05, 3.63) is 71.7 Å². The van der Waals surface area contributed by atoms with Gasteiger partial charge in [0, 0.05) is 23.3 Å². The molecule has 2 amide bonds. The lowest BCUT2D eigenvalue weighted by Gasteiger charge is -2.35. The number of hydrogen-bond donors (Lipinski definition) is 1. The molecule has 1 N–H and O–H groups in total. The number of benzene rings is 2. The van der Waals surface area contributed by atoms with Crippen LogP contribution in [-0.4, -0.2) is 47.6 Å². The van der Waals surface area contributed by atoms with Crippen LogP contribution in [0.25, 0.3) is 17.0 Å². The molecule has 1 aliphatic heterocycles. The molecule has 0 bridgehead atoms. The molecule has 0 aliphatic carbocycles. The fourth-order valence-corrected chi connectivity index (χ4v) is 4.00. The molecule has 160 valence electrons. The molecule has 0 saturated carbocycles. The van der Waals surface area contributed by atoms with Gasteiger partial charge in [0.2, 0.25) is 5.82 Å². The lowest BCUT2D eigenvalue weighted by molar-refractivity contribution is 0.158. The third kappa shape index (κ3) is 4.35. The Labute approximate surface area is 185 Å². The summed E-state index contributed by atoms with van der Waals surface area (Å²) in [6, 6.07) is 17.2. The second-order valence-electron chi connectivity index (χ2n) is 7.09. The van der Waals surface area contributed by atoms with Crippen LogP contribution in [0.4, 0.5) is 4.79 Å². The molecule has 8 heteroatoms. The number of thioether (sulfide) groups is 1. The number of aromatic nitrogens is 2. The first-order valence-electron chi connectivity index (χ1n) is 9.93. The monoisotopic (exact) mass is 436 g/mol. The summed E-state index contributed by atoms with van der Waals surface area (Å²) in [6.45, 7) is 2.75. The van der Waals surface area contributed by atoms with E-state index in [1.807, 2.05) is 67.8 Å². The second-order valence-corrected chi connectivity index (χ2v) is 7.97. The first kappa shape index (κ1) is 21.1. The van der Waals surface area contributed by atoms with Crippen molar-refractivity contribution in [2.75, 3.05) is 26.5 Å². The third-order valence-corrected chi connectivity index (χ3v) is 6.00. The topological polar surface area (TPSA) is 80.5 Å². The number of hydrogen-bond acceptors (Lipinski definition) is 6. The quantitative estimate of drug-likeness (QED) is 0.545. The molecule has 31 heavy (non-hydrogen) atoms. The zero-order valence-electron chi connectivity index (χ0n) is 17.7. The van der Waals surface area contributed by atoms with E-state index in [4.69, 9.17) is 9.26 Å². The van der Waals surface area contributed by atoms with Gasteiger partial charge >= 0.3 is 6.03 Å². The SMILES string of the molecule is COCCN1C(=O)NC(c2ccccc2)C(c2nc(-c3ccc(SC)cc3)no2)=C1C. The Morgan fingerprint density at radius 2 is 1.90 bits per heavy atom. The lowest BCUT2D eigenvalue weighted by Crippen LogP contribution is -2.47. The molecule has 1 aliphatic rings. The summed E-state index contributed by atoms with van der Waals surface area (Å²) >= 11 is 1.68. The maximum atomic E-state index is 12.8. The number of urea groups is 1. The molecule has 2 heterocycles. The number of nitrogens with zero attached hydrogens (tertiary/aromatic N) is 3. The van der Waals surface area contributed by atoms with Gasteiger partial charge in [-0.1, -0.05) is 35.5 Å². The number of methoxy groups -OCH3 is 1. The molecule has 1 atom stereocenters. The molecule has 0 spiro atoms. The van der Waals surface area contributed by atoms with Crippen LogP contribution in [0.2, 0.25) is 0 Å². The first-order valence-corrected chi connectivity index (χ1v) is 11.2. The van der Waals surface area contributed by atoms with E-state index in [1.165, 1.54) is 4.90 Å². The van der Waals surface area contributed by atoms with Crippen molar-refractivity contribution in [2.24, 2.45) is 0 Å². The minimum atomic E-state index is -0.389. The van der Waals surface area contributed by atoms with E-state index in [0.29, 0.717) is 24.9 Å². The number of rotatable bonds is 7. The molecule has 7 nitrogen and oxygen atoms in total. The summed E-state index contributed by atoms with van der Waals surface area (Å²) in [4.78, 5) is 20.3. The van der Waals surface area contributed by atoms with Crippen molar-refractivity contribution >= 4 is 23.4 Å². The van der Waals surface area contributed by atoms with Crippen molar-refractivity contribution in [3.63, 3.8) is 0 Å². The highest BCUT2D eigenvalue weighted by molar-refractivity contribution is 7.98. The van der Waals surface area contributed by atoms with Crippen molar-refractivity contribution in [1.82, 2.24) is 20.4 Å². The summed E-state index contributed by atoms with van der Waals surface area (Å²) in [6.07, 6.45) is 2.03. The number of nitrogens with one attached hydrogen (secondary N) is 1. The van der Waals surface area contributed by atoms with Crippen molar-refractivity contribution in [2.45, 2.75) is 17.9 Å². The second kappa shape index (κ2) is 9.36. The highest BCUT2D eigenvalue weighted by atomic mass is 32.2. The van der Waals surface area contributed by atoms with Crippen molar-refractivity contribution < 1.29 is 14.1 Å². The van der Waals surface area contributed by atoms with E-state index in [9.17, 15) is 4.79 Å². The lowest BCUT2D eigenvalue weighted by atomic mass is 9.95. The Balaban J connectivity index is 1.76. The highest BCUT2D eigenvalue weighted by Crippen LogP contribution is 2.37. The summed E-state index contributed by atoms with van der Waals surface area (Å²) in [5.74, 6) is 0.896. The van der Waals surface area contributed by atoms with Gasteiger partial charge in [0.1, 0.15) is 0 Å². The number of ether oxygens (including phenoxy) is 1. The predicted octanol–water partition coefficient (Wildman–Crippen LogP) is 4.60. The van der Waals surface area contributed by atoms with Crippen LogP contribution in [0, 0.1) is 0 Å². The van der Waals surface area contributed by atoms with Crippen LogP contribution in [0.1, 0.15) is 24.4 Å². The predicted molar refractivity (Wildman–Crippen MR) is 120 cm³/mol. The Kier molecular flexibility index (Phi) is 6.39. The summed E-state index contributed by atoms with van der Waals surface area (Å²) in [5.41, 5.74) is 3.36. The fourth-order valence-electron chi connectivity index (χ4n) is 3.60. The zero-order valence-corrected chi connectivity index (χ0v) is 18.5. The average Bonchev–Trinajstić information content (AvgIpc) is 3.29. The maximum absolute atomic E-state index is 12.8. The number of allylic oxidation sites excluding steroid dienone is 1. The summed E-state index contributed by atoms with van der Waals surface area (Å²) in [7, 11) is 1.61. The molecule has 3 aromatic rings. The Bertz CT molecular complexity index is 1080. The highest BCUT2D eigenvalue weighted by Gasteiger charge is 2.35. The van der Waals surface area contributed by atoms with Gasteiger partial charge in [-0.3, -0.25) is 4.90 Å². The molecule has 1 aromatic heterocycles. The normalized spacial score (nSPS) is 16.5. The summed E-state index contributed by atoms with van der Waals surface area (Å²) < 4.78 is 10.9. The van der Waals surface area contributed by atoms with E-state index < -0.39 is 0 Å². The van der Waals surface area contributed by atoms with E-state index in [2.05, 4.69) is 15.5 Å². The number of carbonyl (C=O) groups excluding carboxylic acids is 1. The minimum absolute atomic E-state index is 0.181. The number of amides is 2. The molecule has 2 aromatic carbocycles. The minimum Gasteiger partial charge on any atom is -0.383 e. The van der Waals surface area contributed by atoms with Crippen LogP contribution in [0.3, 0.4) is 0 Å². The van der Waals surface area contributed by atoms with Gasteiger partial charge in [0.25, 0.3) is 5.89 Å². The van der Waals surface area contributed by atoms with E-state index in [1.54, 1.807) is 23.8 Å². The van der Waals surface area contributed by atoms with Gasteiger partial charge in [-0.05, 0) is 43.0 Å². The van der Waals surface area contributed by atoms with Crippen LogP contribution in [0.5, 0.6) is 0 Å². The smallest absolute Gasteiger partial charge is 0.322 e. The molecule has 4 rings (SSSR count). The van der Waals surface area contributed by atoms with Gasteiger partial charge in [-0.2, -0.15) is 4.98 Å². The Morgan fingerprint density at radius 3 is 2.58 bits per heavy atom. The van der Waals surface area contributed by atoms with Gasteiger partial charge < -0.3 is 14.6 Å². The number of carbonyl (C=O) groups is 1. The molecule has 1 unspecified atom stereocenters. The standard InChI is InChI=1S/C23H24N4O3S/c1-15-19(22-25-21(26-30-22)17-9-11-18(31-3)12-10-17)20(16-7-5-4-6-8-16)24-23(28)27(15)13-14-29-2/h4-12,20H,13-14H2,1-3H3,(H,24,28).